The predicted molar refractivity (Wildman–Crippen MR) is 141 cm³/mol. The molecule has 2 aromatic rings. The summed E-state index contributed by atoms with van der Waals surface area (Å²) in [5, 5.41) is 22.1. The predicted octanol–water partition coefficient (Wildman–Crippen LogP) is 7.37. The number of hydrogen-bond acceptors (Lipinski definition) is 2. The molecule has 0 spiro atoms. The Morgan fingerprint density at radius 3 is 1.06 bits per heavy atom. The van der Waals surface area contributed by atoms with Gasteiger partial charge in [0.15, 0.2) is 0 Å². The van der Waals surface area contributed by atoms with Gasteiger partial charge in [0, 0.05) is 0 Å². The van der Waals surface area contributed by atoms with Crippen LogP contribution in [0.25, 0.3) is 0 Å². The average molecular weight is 496 g/mol. The van der Waals surface area contributed by atoms with Gasteiger partial charge in [0.1, 0.15) is 0 Å². The van der Waals surface area contributed by atoms with Gasteiger partial charge in [-0.15, -0.1) is 0 Å². The van der Waals surface area contributed by atoms with Gasteiger partial charge in [0.25, 0.3) is 0 Å². The van der Waals surface area contributed by atoms with Crippen LogP contribution in [0, 0.1) is 0 Å². The first-order valence-corrected chi connectivity index (χ1v) is 12.9. The quantitative estimate of drug-likeness (QED) is 0.457. The van der Waals surface area contributed by atoms with Gasteiger partial charge in [-0.05, 0) is 0 Å². The van der Waals surface area contributed by atoms with Gasteiger partial charge in [-0.25, -0.2) is 0 Å². The summed E-state index contributed by atoms with van der Waals surface area (Å²) < 4.78 is 0. The first kappa shape index (κ1) is 27.5. The van der Waals surface area contributed by atoms with E-state index in [0.717, 1.165) is 36.1 Å². The van der Waals surface area contributed by atoms with Crippen LogP contribution in [0.1, 0.15) is 116 Å². The van der Waals surface area contributed by atoms with Crippen molar-refractivity contribution in [2.45, 2.75) is 105 Å². The normalized spacial score (nSPS) is 13.2. The Balaban J connectivity index is 2.72. The van der Waals surface area contributed by atoms with Gasteiger partial charge in [-0.1, -0.05) is 0 Å². The molecule has 0 aromatic heterocycles. The van der Waals surface area contributed by atoms with Crippen molar-refractivity contribution < 1.29 is 24.0 Å². The molecule has 0 radical (unpaired) electrons. The summed E-state index contributed by atoms with van der Waals surface area (Å²) in [5.41, 5.74) is 5.67. The van der Waals surface area contributed by atoms with E-state index in [9.17, 15) is 10.2 Å². The number of phenolic OH excluding ortho intramolecular Hbond substituents is 2. The third-order valence-electron chi connectivity index (χ3n) is 5.95. The zero-order chi connectivity index (χ0) is 25.6. The van der Waals surface area contributed by atoms with Crippen molar-refractivity contribution in [1.29, 1.82) is 0 Å². The number of rotatable bonds is 2. The van der Waals surface area contributed by atoms with E-state index < -0.39 is 0 Å². The SMILES string of the molecule is CC(C)(C)c1cc([CH]=[Co]=[CH]c2cc(C(C)(C)C)cc(C(C)(C)C)c2O)c(O)c(C(C)(C)C)c1. The van der Waals surface area contributed by atoms with Gasteiger partial charge >= 0.3 is 208 Å². The molecule has 0 amide bonds. The minimum absolute atomic E-state index is 0.0164. The van der Waals surface area contributed by atoms with Crippen molar-refractivity contribution in [3.63, 3.8) is 0 Å². The maximum atomic E-state index is 11.1. The van der Waals surface area contributed by atoms with Crippen LogP contribution in [-0.4, -0.2) is 20.1 Å². The first-order valence-electron chi connectivity index (χ1n) is 11.7. The van der Waals surface area contributed by atoms with Crippen LogP contribution in [0.2, 0.25) is 0 Å². The van der Waals surface area contributed by atoms with Gasteiger partial charge in [0.05, 0.1) is 0 Å². The second-order valence-electron chi connectivity index (χ2n) is 13.2. The number of aromatic hydroxyl groups is 2. The molecule has 0 unspecified atom stereocenters. The van der Waals surface area contributed by atoms with E-state index in [0.29, 0.717) is 11.5 Å². The zero-order valence-electron chi connectivity index (χ0n) is 22.7. The van der Waals surface area contributed by atoms with Crippen molar-refractivity contribution in [3.8, 4) is 11.5 Å². The molecule has 0 aliphatic rings. The van der Waals surface area contributed by atoms with E-state index in [-0.39, 0.29) is 21.7 Å². The molecule has 185 valence electrons. The van der Waals surface area contributed by atoms with E-state index in [1.54, 1.807) is 0 Å². The van der Waals surface area contributed by atoms with Crippen molar-refractivity contribution in [2.75, 3.05) is 0 Å². The Morgan fingerprint density at radius 1 is 0.515 bits per heavy atom. The van der Waals surface area contributed by atoms with Crippen molar-refractivity contribution in [2.24, 2.45) is 0 Å². The summed E-state index contributed by atoms with van der Waals surface area (Å²) in [6, 6.07) is 8.47. The molecule has 0 aliphatic heterocycles. The molecule has 0 saturated carbocycles. The average Bonchev–Trinajstić information content (AvgIpc) is 2.60. The molecule has 0 heterocycles. The van der Waals surface area contributed by atoms with Crippen LogP contribution < -0.4 is 0 Å². The summed E-state index contributed by atoms with van der Waals surface area (Å²) in [6.45, 7) is 26.0. The Bertz CT molecular complexity index is 1000. The van der Waals surface area contributed by atoms with E-state index in [1.807, 2.05) is 9.91 Å². The van der Waals surface area contributed by atoms with Crippen molar-refractivity contribution in [3.05, 3.63) is 57.6 Å². The molecule has 2 rings (SSSR count). The molecule has 2 nitrogen and oxygen atoms in total. The standard InChI is InChI=1S/2C15H22O.Co/c2*1-10-8-11(14(2,3)4)9-12(13(10)16)15(5,6)7;/h2*1,8-9,16H,2-7H3;. The molecule has 0 saturated heterocycles. The van der Waals surface area contributed by atoms with Crippen LogP contribution in [-0.2, 0) is 35.5 Å². The molecule has 0 fully saturated rings. The summed E-state index contributed by atoms with van der Waals surface area (Å²) in [5.74, 6) is 0.692. The van der Waals surface area contributed by atoms with Crippen LogP contribution in [0.5, 0.6) is 11.5 Å². The van der Waals surface area contributed by atoms with Crippen molar-refractivity contribution in [1.82, 2.24) is 0 Å². The van der Waals surface area contributed by atoms with Gasteiger partial charge in [-0.3, -0.25) is 0 Å². The summed E-state index contributed by atoms with van der Waals surface area (Å²) in [6.07, 6.45) is 0. The molecule has 2 N–H and O–H groups in total. The van der Waals surface area contributed by atoms with Gasteiger partial charge in [-0.2, -0.15) is 0 Å². The molecule has 33 heavy (non-hydrogen) atoms. The minimum atomic E-state index is -0.158. The first-order chi connectivity index (χ1) is 14.7. The summed E-state index contributed by atoms with van der Waals surface area (Å²) in [4.78, 5) is 4.08. The fourth-order valence-corrected chi connectivity index (χ4v) is 4.54. The Hall–Kier alpha value is -1.71. The number of benzene rings is 2. The number of phenols is 2. The second-order valence-corrected chi connectivity index (χ2v) is 14.2. The fourth-order valence-electron chi connectivity index (χ4n) is 3.62. The second kappa shape index (κ2) is 9.15. The van der Waals surface area contributed by atoms with E-state index in [4.69, 9.17) is 0 Å². The number of hydrogen-bond donors (Lipinski definition) is 2. The van der Waals surface area contributed by atoms with Gasteiger partial charge in [0.2, 0.25) is 0 Å². The Kier molecular flexibility index (Phi) is 7.63. The van der Waals surface area contributed by atoms with E-state index >= 15 is 0 Å². The topological polar surface area (TPSA) is 40.5 Å². The molecule has 0 bridgehead atoms. The van der Waals surface area contributed by atoms with E-state index in [1.165, 1.54) is 11.1 Å². The molecule has 0 atom stereocenters. The molecule has 0 aliphatic carbocycles. The van der Waals surface area contributed by atoms with Gasteiger partial charge < -0.3 is 0 Å². The molecule has 2 aromatic carbocycles. The van der Waals surface area contributed by atoms with E-state index in [2.05, 4.69) is 107 Å². The van der Waals surface area contributed by atoms with Crippen LogP contribution in [0.3, 0.4) is 0 Å². The third-order valence-corrected chi connectivity index (χ3v) is 6.94. The molecule has 3 heteroatoms. The molecular formula is C30H44CoO2. The molecular weight excluding hydrogens is 451 g/mol. The summed E-state index contributed by atoms with van der Waals surface area (Å²) >= 11 is 0.948. The van der Waals surface area contributed by atoms with Crippen molar-refractivity contribution >= 4 is 9.91 Å². The third kappa shape index (κ3) is 6.67. The zero-order valence-corrected chi connectivity index (χ0v) is 23.7. The van der Waals surface area contributed by atoms with Crippen LogP contribution in [0.15, 0.2) is 24.3 Å². The fraction of sp³-hybridized carbons (Fsp3) is 0.533. The summed E-state index contributed by atoms with van der Waals surface area (Å²) in [7, 11) is 0. The Labute approximate surface area is 207 Å². The van der Waals surface area contributed by atoms with Crippen LogP contribution >= 0.6 is 0 Å². The monoisotopic (exact) mass is 495 g/mol. The maximum absolute atomic E-state index is 11.1. The van der Waals surface area contributed by atoms with Crippen LogP contribution in [0.4, 0.5) is 0 Å². The Morgan fingerprint density at radius 2 is 0.818 bits per heavy atom.